The van der Waals surface area contributed by atoms with E-state index >= 15 is 0 Å². The number of hydrogen-bond acceptors (Lipinski definition) is 14. The molecule has 7 rings (SSSR count). The van der Waals surface area contributed by atoms with Crippen LogP contribution in [0.3, 0.4) is 0 Å². The van der Waals surface area contributed by atoms with Gasteiger partial charge >= 0.3 is 11.9 Å². The van der Waals surface area contributed by atoms with Crippen LogP contribution >= 0.6 is 0 Å². The second-order valence-corrected chi connectivity index (χ2v) is 21.2. The summed E-state index contributed by atoms with van der Waals surface area (Å²) in [7, 11) is 13.8. The number of nitrogens with zero attached hydrogens (tertiary/aromatic N) is 2. The Bertz CT molecular complexity index is 2790. The first-order valence-electron chi connectivity index (χ1n) is 26.0. The largest absolute Gasteiger partial charge is 0.493 e. The molecule has 0 aliphatic carbocycles. The third kappa shape index (κ3) is 15.4. The molecule has 0 unspecified atom stereocenters. The van der Waals surface area contributed by atoms with E-state index in [0.29, 0.717) is 60.6 Å². The van der Waals surface area contributed by atoms with Crippen LogP contribution in [-0.2, 0) is 54.9 Å². The number of benzene rings is 5. The van der Waals surface area contributed by atoms with E-state index in [1.807, 2.05) is 24.3 Å². The van der Waals surface area contributed by atoms with Crippen molar-refractivity contribution in [2.24, 2.45) is 0 Å². The number of quaternary nitrogens is 2. The zero-order valence-corrected chi connectivity index (χ0v) is 47.7. The lowest BCUT2D eigenvalue weighted by Gasteiger charge is -2.46. The van der Waals surface area contributed by atoms with E-state index in [9.17, 15) is 18.0 Å². The number of esters is 2. The molecule has 2 aliphatic heterocycles. The number of carbonyl (C=O) groups excluding carboxylic acids is 2. The van der Waals surface area contributed by atoms with Crippen molar-refractivity contribution in [1.29, 1.82) is 0 Å². The van der Waals surface area contributed by atoms with Crippen molar-refractivity contribution in [3.8, 4) is 46.0 Å². The van der Waals surface area contributed by atoms with Crippen LogP contribution in [0.5, 0.6) is 46.0 Å². The third-order valence-electron chi connectivity index (χ3n) is 15.0. The van der Waals surface area contributed by atoms with Gasteiger partial charge in [0.05, 0.1) is 128 Å². The Morgan fingerprint density at radius 3 is 1.22 bits per heavy atom. The summed E-state index contributed by atoms with van der Waals surface area (Å²) in [5.74, 6) is 4.92. The van der Waals surface area contributed by atoms with Crippen LogP contribution in [0.1, 0.15) is 71.1 Å². The summed E-state index contributed by atoms with van der Waals surface area (Å²) in [6.45, 7) is 4.01. The molecule has 422 valence electrons. The van der Waals surface area contributed by atoms with Crippen LogP contribution in [0.25, 0.3) is 0 Å². The fourth-order valence-electron chi connectivity index (χ4n) is 10.6. The summed E-state index contributed by atoms with van der Waals surface area (Å²) in [4.78, 5) is 25.5. The zero-order valence-electron chi connectivity index (χ0n) is 46.8. The molecule has 5 aromatic rings. The molecule has 0 saturated heterocycles. The second-order valence-electron chi connectivity index (χ2n) is 19.8. The highest BCUT2D eigenvalue weighted by molar-refractivity contribution is 7.85. The summed E-state index contributed by atoms with van der Waals surface area (Å²) in [5, 5.41) is 0. The molecule has 0 saturated carbocycles. The van der Waals surface area contributed by atoms with Crippen molar-refractivity contribution in [2.45, 2.75) is 68.3 Å². The first kappa shape index (κ1) is 60.2. The maximum absolute atomic E-state index is 12.8. The average Bonchev–Trinajstić information content (AvgIpc) is 3.64. The molecular weight excluding hydrogens is 1020 g/mol. The minimum absolute atomic E-state index is 0.0741. The highest BCUT2D eigenvalue weighted by Gasteiger charge is 2.41. The molecule has 18 heteroatoms. The highest BCUT2D eigenvalue weighted by Crippen LogP contribution is 2.45. The van der Waals surface area contributed by atoms with Crippen molar-refractivity contribution in [1.82, 2.24) is 0 Å². The van der Waals surface area contributed by atoms with E-state index in [4.69, 9.17) is 51.9 Å². The van der Waals surface area contributed by atoms with Crippen molar-refractivity contribution in [3.63, 3.8) is 0 Å². The Balaban J connectivity index is 0.000000883. The Kier molecular flexibility index (Phi) is 21.7. The standard InChI is InChI=1S/C54H72N2O12.C6H6O3S/c1-55(25-21-39-33-49(63-7)51(65-9)35-41(39)43(55)29-37-17-19-45(59-3)47(31-37)61-5)23-13-27-67-53(57)15-11-12-16-54(58)68-28-14-24-56(2)26-22-40-34-50(64-8)52(66-10)36-42(40)44(56)30-38-18-20-46(60-4)48(32-38)62-6;7-10(8,9)6-4-2-1-3-5-6/h11-12,17-20,31-36,43-44H,13-16,21-30H2,1-10H3;1-5H,(H,7,8,9)/q+2;/b12-11+;/t43-,44+,55+,56-;. The van der Waals surface area contributed by atoms with Crippen molar-refractivity contribution >= 4 is 22.1 Å². The van der Waals surface area contributed by atoms with Crippen molar-refractivity contribution in [2.75, 3.05) is 110 Å². The number of fused-ring (bicyclic) bond motifs is 2. The van der Waals surface area contributed by atoms with Gasteiger partial charge in [0.1, 0.15) is 12.1 Å². The van der Waals surface area contributed by atoms with Gasteiger partial charge in [-0.3, -0.25) is 14.1 Å². The Morgan fingerprint density at radius 2 is 0.872 bits per heavy atom. The quantitative estimate of drug-likeness (QED) is 0.0192. The topological polar surface area (TPSA) is 181 Å². The number of likely N-dealkylation sites (N-methyl/N-ethyl adjacent to an activating group) is 2. The summed E-state index contributed by atoms with van der Waals surface area (Å²) < 4.78 is 87.2. The zero-order chi connectivity index (χ0) is 56.5. The normalized spacial score (nSPS) is 18.5. The van der Waals surface area contributed by atoms with Gasteiger partial charge in [-0.05, 0) is 82.9 Å². The molecule has 0 aromatic heterocycles. The van der Waals surface area contributed by atoms with E-state index in [1.54, 1.807) is 87.2 Å². The van der Waals surface area contributed by atoms with E-state index in [0.717, 1.165) is 83.5 Å². The van der Waals surface area contributed by atoms with Crippen LogP contribution in [0.15, 0.2) is 108 Å². The van der Waals surface area contributed by atoms with Gasteiger partial charge in [-0.1, -0.05) is 42.5 Å². The lowest BCUT2D eigenvalue weighted by Crippen LogP contribution is -2.52. The van der Waals surface area contributed by atoms with Crippen LogP contribution < -0.4 is 37.9 Å². The van der Waals surface area contributed by atoms with Gasteiger partial charge < -0.3 is 56.3 Å². The Hall–Kier alpha value is -6.99. The summed E-state index contributed by atoms with van der Waals surface area (Å²) >= 11 is 0. The van der Waals surface area contributed by atoms with Gasteiger partial charge in [-0.25, -0.2) is 0 Å². The number of ether oxygens (including phenoxy) is 10. The molecule has 2 heterocycles. The van der Waals surface area contributed by atoms with E-state index in [1.165, 1.54) is 34.4 Å². The molecule has 1 N–H and O–H groups in total. The van der Waals surface area contributed by atoms with Gasteiger partial charge in [-0.15, -0.1) is 0 Å². The third-order valence-corrected chi connectivity index (χ3v) is 15.8. The summed E-state index contributed by atoms with van der Waals surface area (Å²) in [5.41, 5.74) is 7.17. The predicted molar refractivity (Wildman–Crippen MR) is 296 cm³/mol. The fourth-order valence-corrected chi connectivity index (χ4v) is 11.1. The monoisotopic (exact) mass is 1100 g/mol. The van der Waals surface area contributed by atoms with Crippen LogP contribution in [0.4, 0.5) is 0 Å². The van der Waals surface area contributed by atoms with Gasteiger partial charge in [0, 0.05) is 49.7 Å². The molecule has 0 amide bonds. The van der Waals surface area contributed by atoms with E-state index in [2.05, 4.69) is 50.5 Å². The average molecular weight is 1100 g/mol. The maximum atomic E-state index is 12.8. The molecule has 17 nitrogen and oxygen atoms in total. The number of hydrogen-bond donors (Lipinski definition) is 1. The maximum Gasteiger partial charge on any atom is 0.309 e. The summed E-state index contributed by atoms with van der Waals surface area (Å²) in [6.07, 6.45) is 8.16. The van der Waals surface area contributed by atoms with Crippen molar-refractivity contribution < 1.29 is 78.9 Å². The minimum atomic E-state index is -4.00. The first-order chi connectivity index (χ1) is 37.5. The Morgan fingerprint density at radius 1 is 0.513 bits per heavy atom. The van der Waals surface area contributed by atoms with E-state index < -0.39 is 10.1 Å². The SMILES string of the molecule is COc1ccc(C[C@@H]2c3cc(OC)c(OC)cc3CC[N@+]2(C)CCCOC(=O)C/C=C/CC(=O)OCCC[N@+]2(C)CCc3cc(OC)c(OC)cc3[C@@H]2Cc2ccc(OC)c(OC)c2)cc1OC.O=S(=O)(O)c1ccccc1. The molecule has 0 fully saturated rings. The van der Waals surface area contributed by atoms with Gasteiger partial charge in [0.2, 0.25) is 0 Å². The van der Waals surface area contributed by atoms with Crippen LogP contribution in [0.2, 0.25) is 0 Å². The molecule has 2 aliphatic rings. The van der Waals surface area contributed by atoms with Crippen molar-refractivity contribution in [3.05, 3.63) is 137 Å². The van der Waals surface area contributed by atoms with Gasteiger partial charge in [0.25, 0.3) is 10.1 Å². The van der Waals surface area contributed by atoms with Gasteiger partial charge in [0.15, 0.2) is 46.0 Å². The molecule has 0 spiro atoms. The molecule has 4 atom stereocenters. The fraction of sp³-hybridized carbons (Fsp3) is 0.433. The molecule has 78 heavy (non-hydrogen) atoms. The first-order valence-corrected chi connectivity index (χ1v) is 27.5. The highest BCUT2D eigenvalue weighted by atomic mass is 32.2. The lowest BCUT2D eigenvalue weighted by molar-refractivity contribution is -0.941. The predicted octanol–water partition coefficient (Wildman–Crippen LogP) is 9.16. The van der Waals surface area contributed by atoms with Crippen LogP contribution in [-0.4, -0.2) is 144 Å². The Labute approximate surface area is 460 Å². The molecular formula is C60H78N2O15S+2. The van der Waals surface area contributed by atoms with Gasteiger partial charge in [-0.2, -0.15) is 8.42 Å². The number of rotatable bonds is 25. The van der Waals surface area contributed by atoms with Crippen LogP contribution in [0, 0.1) is 0 Å². The van der Waals surface area contributed by atoms with E-state index in [-0.39, 0.29) is 41.8 Å². The summed E-state index contributed by atoms with van der Waals surface area (Å²) in [6, 6.07) is 28.2. The molecule has 0 radical (unpaired) electrons. The second kappa shape index (κ2) is 28.1. The molecule has 0 bridgehead atoms. The minimum Gasteiger partial charge on any atom is -0.493 e. The smallest absolute Gasteiger partial charge is 0.309 e. The number of carbonyl (C=O) groups is 2. The lowest BCUT2D eigenvalue weighted by atomic mass is 9.86. The number of methoxy groups -OCH3 is 8. The molecule has 5 aromatic carbocycles.